The number of hydrogen-bond donors (Lipinski definition) is 0. The number of rotatable bonds is 1. The zero-order valence-electron chi connectivity index (χ0n) is 15.3. The second kappa shape index (κ2) is 5.49. The molecule has 23 heavy (non-hydrogen) atoms. The lowest BCUT2D eigenvalue weighted by Gasteiger charge is -2.61. The molecule has 0 aromatic rings. The third-order valence-corrected chi connectivity index (χ3v) is 8.77. The molecular formula is C21H34O2. The van der Waals surface area contributed by atoms with Crippen LogP contribution in [0.1, 0.15) is 85.0 Å². The van der Waals surface area contributed by atoms with E-state index in [-0.39, 0.29) is 17.5 Å². The number of fused-ring (bicyclic) bond motifs is 5. The molecule has 0 bridgehead atoms. The van der Waals surface area contributed by atoms with E-state index in [9.17, 15) is 4.79 Å². The van der Waals surface area contributed by atoms with Crippen LogP contribution in [0, 0.1) is 34.5 Å². The highest BCUT2D eigenvalue weighted by Gasteiger charge is 2.60. The zero-order valence-corrected chi connectivity index (χ0v) is 15.3. The van der Waals surface area contributed by atoms with Crippen LogP contribution < -0.4 is 0 Å². The highest BCUT2D eigenvalue weighted by Crippen LogP contribution is 2.66. The molecule has 130 valence electrons. The van der Waals surface area contributed by atoms with E-state index in [1.807, 2.05) is 0 Å². The van der Waals surface area contributed by atoms with Gasteiger partial charge >= 0.3 is 5.97 Å². The van der Waals surface area contributed by atoms with E-state index in [0.29, 0.717) is 5.41 Å². The quantitative estimate of drug-likeness (QED) is 0.609. The molecule has 1 unspecified atom stereocenters. The van der Waals surface area contributed by atoms with Crippen molar-refractivity contribution in [2.24, 2.45) is 34.5 Å². The molecule has 4 fully saturated rings. The summed E-state index contributed by atoms with van der Waals surface area (Å²) >= 11 is 0. The molecule has 0 aromatic carbocycles. The molecule has 4 rings (SSSR count). The van der Waals surface area contributed by atoms with Gasteiger partial charge in [0.25, 0.3) is 0 Å². The van der Waals surface area contributed by atoms with Gasteiger partial charge in [-0.2, -0.15) is 0 Å². The second-order valence-electron chi connectivity index (χ2n) is 9.63. The van der Waals surface area contributed by atoms with Gasteiger partial charge < -0.3 is 4.74 Å². The fourth-order valence-electron chi connectivity index (χ4n) is 7.67. The normalized spacial score (nSPS) is 52.2. The van der Waals surface area contributed by atoms with Crippen LogP contribution in [-0.2, 0) is 9.53 Å². The molecule has 7 atom stereocenters. The molecule has 0 radical (unpaired) electrons. The molecule has 0 aromatic heterocycles. The van der Waals surface area contributed by atoms with E-state index in [2.05, 4.69) is 13.8 Å². The average molecular weight is 319 g/mol. The van der Waals surface area contributed by atoms with E-state index in [0.717, 1.165) is 30.1 Å². The minimum absolute atomic E-state index is 0.0690. The van der Waals surface area contributed by atoms with Crippen LogP contribution in [0.4, 0.5) is 0 Å². The van der Waals surface area contributed by atoms with Crippen LogP contribution in [0.15, 0.2) is 0 Å². The minimum Gasteiger partial charge on any atom is -0.462 e. The summed E-state index contributed by atoms with van der Waals surface area (Å²) in [6.45, 7) is 6.67. The van der Waals surface area contributed by atoms with Gasteiger partial charge in [-0.15, -0.1) is 0 Å². The molecule has 0 spiro atoms. The molecule has 0 heterocycles. The van der Waals surface area contributed by atoms with Crippen LogP contribution in [0.25, 0.3) is 0 Å². The lowest BCUT2D eigenvalue weighted by molar-refractivity contribution is -0.188. The van der Waals surface area contributed by atoms with E-state index >= 15 is 0 Å². The van der Waals surface area contributed by atoms with Gasteiger partial charge in [0.1, 0.15) is 6.10 Å². The Morgan fingerprint density at radius 1 is 0.913 bits per heavy atom. The first kappa shape index (κ1) is 16.0. The molecule has 2 heteroatoms. The van der Waals surface area contributed by atoms with Gasteiger partial charge in [0.15, 0.2) is 0 Å². The van der Waals surface area contributed by atoms with Gasteiger partial charge in [0, 0.05) is 12.3 Å². The number of ether oxygens (including phenoxy) is 1. The Labute approximate surface area is 141 Å². The van der Waals surface area contributed by atoms with E-state index in [1.54, 1.807) is 6.92 Å². The summed E-state index contributed by atoms with van der Waals surface area (Å²) < 4.78 is 5.91. The Kier molecular flexibility index (Phi) is 3.81. The summed E-state index contributed by atoms with van der Waals surface area (Å²) in [4.78, 5) is 11.7. The third-order valence-electron chi connectivity index (χ3n) is 8.77. The summed E-state index contributed by atoms with van der Waals surface area (Å²) in [7, 11) is 0. The summed E-state index contributed by atoms with van der Waals surface area (Å²) in [6.07, 6.45) is 13.8. The Hall–Kier alpha value is -0.530. The molecule has 0 saturated heterocycles. The van der Waals surface area contributed by atoms with Crippen molar-refractivity contribution in [2.75, 3.05) is 0 Å². The molecule has 4 aliphatic rings. The summed E-state index contributed by atoms with van der Waals surface area (Å²) in [5.41, 5.74) is 0.868. The zero-order chi connectivity index (χ0) is 16.2. The first-order valence-electron chi connectivity index (χ1n) is 10.1. The summed E-state index contributed by atoms with van der Waals surface area (Å²) in [6, 6.07) is 0. The standard InChI is InChI=1S/C21H34O2/c1-14(22)23-19-8-4-6-15-9-10-16-17-7-5-12-20(17,2)13-11-18(16)21(15,19)3/h15-19H,4-13H2,1-3H3/t15-,16+,17+,18+,19?,20+,21+/m1/s1. The van der Waals surface area contributed by atoms with E-state index in [4.69, 9.17) is 4.74 Å². The monoisotopic (exact) mass is 318 g/mol. The highest BCUT2D eigenvalue weighted by atomic mass is 16.5. The SMILES string of the molecule is CC(=O)OC1CCC[C@@H]2CC[C@H]3[C@@H]4CCC[C@@]4(C)CC[C@@H]3[C@@]12C. The van der Waals surface area contributed by atoms with E-state index < -0.39 is 0 Å². The van der Waals surface area contributed by atoms with Gasteiger partial charge in [0.2, 0.25) is 0 Å². The largest absolute Gasteiger partial charge is 0.462 e. The van der Waals surface area contributed by atoms with Crippen LogP contribution in [-0.4, -0.2) is 12.1 Å². The maximum absolute atomic E-state index is 11.7. The summed E-state index contributed by atoms with van der Waals surface area (Å²) in [5.74, 6) is 3.35. The van der Waals surface area contributed by atoms with Gasteiger partial charge in [-0.25, -0.2) is 0 Å². The fraction of sp³-hybridized carbons (Fsp3) is 0.952. The predicted molar refractivity (Wildman–Crippen MR) is 91.9 cm³/mol. The molecule has 0 N–H and O–H groups in total. The van der Waals surface area contributed by atoms with Crippen LogP contribution in [0.2, 0.25) is 0 Å². The second-order valence-corrected chi connectivity index (χ2v) is 9.63. The van der Waals surface area contributed by atoms with Crippen LogP contribution in [0.3, 0.4) is 0 Å². The van der Waals surface area contributed by atoms with Crippen LogP contribution >= 0.6 is 0 Å². The smallest absolute Gasteiger partial charge is 0.302 e. The summed E-state index contributed by atoms with van der Waals surface area (Å²) in [5, 5.41) is 0. The van der Waals surface area contributed by atoms with Crippen molar-refractivity contribution in [3.8, 4) is 0 Å². The maximum Gasteiger partial charge on any atom is 0.302 e. The topological polar surface area (TPSA) is 26.3 Å². The van der Waals surface area contributed by atoms with Crippen molar-refractivity contribution in [1.82, 2.24) is 0 Å². The van der Waals surface area contributed by atoms with Crippen molar-refractivity contribution >= 4 is 5.97 Å². The van der Waals surface area contributed by atoms with Crippen molar-refractivity contribution in [1.29, 1.82) is 0 Å². The lowest BCUT2D eigenvalue weighted by atomic mass is 9.44. The molecule has 0 aliphatic heterocycles. The number of esters is 1. The van der Waals surface area contributed by atoms with Crippen molar-refractivity contribution in [3.05, 3.63) is 0 Å². The highest BCUT2D eigenvalue weighted by molar-refractivity contribution is 5.66. The Morgan fingerprint density at radius 2 is 1.74 bits per heavy atom. The number of carbonyl (C=O) groups is 1. The Morgan fingerprint density at radius 3 is 2.52 bits per heavy atom. The molecule has 0 amide bonds. The molecule has 2 nitrogen and oxygen atoms in total. The number of carbonyl (C=O) groups excluding carboxylic acids is 1. The number of hydrogen-bond acceptors (Lipinski definition) is 2. The fourth-order valence-corrected chi connectivity index (χ4v) is 7.67. The van der Waals surface area contributed by atoms with Gasteiger partial charge in [-0.1, -0.05) is 20.3 Å². The Bertz CT molecular complexity index is 486. The Balaban J connectivity index is 1.66. The van der Waals surface area contributed by atoms with Crippen molar-refractivity contribution < 1.29 is 9.53 Å². The first-order valence-corrected chi connectivity index (χ1v) is 10.1. The minimum atomic E-state index is -0.0690. The van der Waals surface area contributed by atoms with Crippen molar-refractivity contribution in [3.63, 3.8) is 0 Å². The lowest BCUT2D eigenvalue weighted by Crippen LogP contribution is -2.57. The van der Waals surface area contributed by atoms with Gasteiger partial charge in [-0.3, -0.25) is 4.79 Å². The van der Waals surface area contributed by atoms with E-state index in [1.165, 1.54) is 57.8 Å². The average Bonchev–Trinajstić information content (AvgIpc) is 2.89. The van der Waals surface area contributed by atoms with Gasteiger partial charge in [-0.05, 0) is 86.9 Å². The van der Waals surface area contributed by atoms with Crippen molar-refractivity contribution in [2.45, 2.75) is 91.1 Å². The van der Waals surface area contributed by atoms with Gasteiger partial charge in [0.05, 0.1) is 0 Å². The predicted octanol–water partition coefficient (Wildman–Crippen LogP) is 5.35. The molecule has 4 saturated carbocycles. The third kappa shape index (κ3) is 2.30. The molecule has 4 aliphatic carbocycles. The van der Waals surface area contributed by atoms with Crippen LogP contribution in [0.5, 0.6) is 0 Å². The molecular weight excluding hydrogens is 284 g/mol. The maximum atomic E-state index is 11.7. The first-order chi connectivity index (χ1) is 10.9.